The number of rotatable bonds is 3. The third kappa shape index (κ3) is 3.55. The Bertz CT molecular complexity index is 1560. The molecule has 0 unspecified atom stereocenters. The number of furan rings is 1. The lowest BCUT2D eigenvalue weighted by Crippen LogP contribution is -2.37. The molecule has 162 valence electrons. The van der Waals surface area contributed by atoms with Gasteiger partial charge in [-0.15, -0.1) is 0 Å². The third-order valence-corrected chi connectivity index (χ3v) is 8.51. The maximum absolute atomic E-state index is 9.42. The van der Waals surface area contributed by atoms with Crippen molar-refractivity contribution < 1.29 is 8.98 Å². The number of fused-ring (bicyclic) bond motifs is 3. The van der Waals surface area contributed by atoms with E-state index in [2.05, 4.69) is 92.9 Å². The van der Waals surface area contributed by atoms with E-state index in [-0.39, 0.29) is 0 Å². The predicted octanol–water partition coefficient (Wildman–Crippen LogP) is 6.47. The second-order valence-corrected chi connectivity index (χ2v) is 14.8. The van der Waals surface area contributed by atoms with Gasteiger partial charge in [0.05, 0.1) is 25.3 Å². The van der Waals surface area contributed by atoms with Gasteiger partial charge in [0.15, 0.2) is 6.20 Å². The normalized spacial score (nSPS) is 11.8. The highest BCUT2D eigenvalue weighted by molar-refractivity contribution is 6.88. The molecule has 0 amide bonds. The maximum Gasteiger partial charge on any atom is 0.216 e. The van der Waals surface area contributed by atoms with Crippen LogP contribution in [0.1, 0.15) is 11.1 Å². The van der Waals surface area contributed by atoms with Crippen LogP contribution < -0.4 is 9.75 Å². The number of benzene rings is 3. The van der Waals surface area contributed by atoms with Crippen LogP contribution in [0.25, 0.3) is 44.3 Å². The van der Waals surface area contributed by atoms with E-state index in [1.54, 1.807) is 0 Å². The molecule has 0 bridgehead atoms. The molecule has 5 aromatic rings. The van der Waals surface area contributed by atoms with Crippen LogP contribution in [0.5, 0.6) is 0 Å². The highest BCUT2D eigenvalue weighted by Crippen LogP contribution is 2.43. The fraction of sp³-hybridized carbons (Fsp3) is 0.172. The largest absolute Gasteiger partial charge is 0.455 e. The molecule has 5 rings (SSSR count). The minimum atomic E-state index is -1.37. The lowest BCUT2D eigenvalue weighted by molar-refractivity contribution is -0.660. The van der Waals surface area contributed by atoms with E-state index in [4.69, 9.17) is 4.42 Å². The average Bonchev–Trinajstić information content (AvgIpc) is 3.17. The molecule has 0 radical (unpaired) electrons. The summed E-state index contributed by atoms with van der Waals surface area (Å²) in [6, 6.07) is 25.5. The molecule has 3 aromatic carbocycles. The van der Waals surface area contributed by atoms with Gasteiger partial charge in [-0.1, -0.05) is 49.1 Å². The van der Waals surface area contributed by atoms with Gasteiger partial charge in [-0.2, -0.15) is 5.26 Å². The molecule has 0 fully saturated rings. The summed E-state index contributed by atoms with van der Waals surface area (Å²) in [5.41, 5.74) is 7.90. The first-order chi connectivity index (χ1) is 15.8. The number of nitriles is 1. The standard InChI is InChI=1S/C29H27N2OSi/c1-19-16-24(21-10-12-22(13-11-21)33(3,4)5)28-23-14-9-20(18-30)17-26(23)32-29(28)27(19)25-8-6-7-15-31(25)2/h6-17H,1-5H3/q+1. The summed E-state index contributed by atoms with van der Waals surface area (Å²) >= 11 is 0. The van der Waals surface area contributed by atoms with Crippen molar-refractivity contribution in [2.75, 3.05) is 0 Å². The van der Waals surface area contributed by atoms with Gasteiger partial charge in [-0.25, -0.2) is 4.57 Å². The van der Waals surface area contributed by atoms with Crippen LogP contribution in [0.3, 0.4) is 0 Å². The van der Waals surface area contributed by atoms with Gasteiger partial charge in [-0.3, -0.25) is 0 Å². The van der Waals surface area contributed by atoms with E-state index in [0.717, 1.165) is 44.3 Å². The van der Waals surface area contributed by atoms with Gasteiger partial charge in [0.1, 0.15) is 18.2 Å². The van der Waals surface area contributed by atoms with E-state index >= 15 is 0 Å². The Balaban J connectivity index is 1.87. The van der Waals surface area contributed by atoms with E-state index in [9.17, 15) is 5.26 Å². The van der Waals surface area contributed by atoms with Gasteiger partial charge in [0.25, 0.3) is 0 Å². The van der Waals surface area contributed by atoms with Crippen molar-refractivity contribution in [3.05, 3.63) is 84.1 Å². The molecular formula is C29H27N2OSi+. The van der Waals surface area contributed by atoms with E-state index in [1.807, 2.05) is 24.3 Å². The summed E-state index contributed by atoms with van der Waals surface area (Å²) < 4.78 is 8.62. The van der Waals surface area contributed by atoms with Crippen LogP contribution in [-0.4, -0.2) is 8.07 Å². The highest BCUT2D eigenvalue weighted by Gasteiger charge is 2.24. The third-order valence-electron chi connectivity index (χ3n) is 6.44. The fourth-order valence-corrected chi connectivity index (χ4v) is 5.80. The van der Waals surface area contributed by atoms with Crippen molar-refractivity contribution in [1.82, 2.24) is 0 Å². The number of pyridine rings is 1. The van der Waals surface area contributed by atoms with Crippen molar-refractivity contribution in [1.29, 1.82) is 5.26 Å². The molecule has 0 N–H and O–H groups in total. The molecule has 3 nitrogen and oxygen atoms in total. The van der Waals surface area contributed by atoms with Crippen LogP contribution in [0.15, 0.2) is 77.3 Å². The van der Waals surface area contributed by atoms with Crippen LogP contribution in [0.2, 0.25) is 19.6 Å². The molecule has 0 aliphatic heterocycles. The van der Waals surface area contributed by atoms with E-state index in [1.165, 1.54) is 10.8 Å². The fourth-order valence-electron chi connectivity index (χ4n) is 4.63. The number of aryl methyl sites for hydroxylation is 2. The Morgan fingerprint density at radius 3 is 2.36 bits per heavy atom. The predicted molar refractivity (Wildman–Crippen MR) is 138 cm³/mol. The molecule has 0 aliphatic rings. The Morgan fingerprint density at radius 2 is 1.70 bits per heavy atom. The zero-order valence-corrected chi connectivity index (χ0v) is 20.7. The quantitative estimate of drug-likeness (QED) is 0.235. The minimum Gasteiger partial charge on any atom is -0.455 e. The zero-order chi connectivity index (χ0) is 23.3. The molecule has 4 heteroatoms. The number of aromatic nitrogens is 1. The Kier molecular flexibility index (Phi) is 4.95. The van der Waals surface area contributed by atoms with Gasteiger partial charge in [-0.05, 0) is 53.9 Å². The van der Waals surface area contributed by atoms with Crippen molar-refractivity contribution in [2.45, 2.75) is 26.6 Å². The average molecular weight is 448 g/mol. The van der Waals surface area contributed by atoms with Crippen molar-refractivity contribution in [3.63, 3.8) is 0 Å². The first kappa shape index (κ1) is 21.2. The minimum absolute atomic E-state index is 0.603. The summed E-state index contributed by atoms with van der Waals surface area (Å²) in [6.45, 7) is 9.26. The van der Waals surface area contributed by atoms with Crippen LogP contribution in [0, 0.1) is 18.3 Å². The summed E-state index contributed by atoms with van der Waals surface area (Å²) in [5.74, 6) is 0. The summed E-state index contributed by atoms with van der Waals surface area (Å²) in [5, 5.41) is 13.0. The Hall–Kier alpha value is -3.68. The SMILES string of the molecule is Cc1cc(-c2ccc([Si](C)(C)C)cc2)c2c(oc3cc(C#N)ccc32)c1-c1cccc[n+]1C. The molecular weight excluding hydrogens is 420 g/mol. The lowest BCUT2D eigenvalue weighted by Gasteiger charge is -2.17. The maximum atomic E-state index is 9.42. The summed E-state index contributed by atoms with van der Waals surface area (Å²) in [7, 11) is 0.681. The van der Waals surface area contributed by atoms with Crippen LogP contribution in [0.4, 0.5) is 0 Å². The highest BCUT2D eigenvalue weighted by atomic mass is 28.3. The molecule has 2 heterocycles. The Morgan fingerprint density at radius 1 is 0.939 bits per heavy atom. The monoisotopic (exact) mass is 447 g/mol. The molecule has 0 saturated heterocycles. The first-order valence-electron chi connectivity index (χ1n) is 11.2. The zero-order valence-electron chi connectivity index (χ0n) is 19.7. The summed E-state index contributed by atoms with van der Waals surface area (Å²) in [6.07, 6.45) is 2.06. The van der Waals surface area contributed by atoms with Crippen LogP contribution >= 0.6 is 0 Å². The topological polar surface area (TPSA) is 40.8 Å². The van der Waals surface area contributed by atoms with Crippen molar-refractivity contribution in [2.24, 2.45) is 7.05 Å². The van der Waals surface area contributed by atoms with E-state index in [0.29, 0.717) is 5.56 Å². The number of hydrogen-bond acceptors (Lipinski definition) is 2. The molecule has 33 heavy (non-hydrogen) atoms. The second-order valence-electron chi connectivity index (χ2n) is 9.77. The molecule has 0 saturated carbocycles. The van der Waals surface area contributed by atoms with Gasteiger partial charge >= 0.3 is 0 Å². The number of hydrogen-bond donors (Lipinski definition) is 0. The molecule has 2 aromatic heterocycles. The van der Waals surface area contributed by atoms with Crippen molar-refractivity contribution in [3.8, 4) is 28.5 Å². The second kappa shape index (κ2) is 7.72. The Labute approximate surface area is 195 Å². The summed E-state index contributed by atoms with van der Waals surface area (Å²) in [4.78, 5) is 0. The van der Waals surface area contributed by atoms with Gasteiger partial charge in [0.2, 0.25) is 5.69 Å². The molecule has 0 aliphatic carbocycles. The lowest BCUT2D eigenvalue weighted by atomic mass is 9.92. The molecule has 0 atom stereocenters. The first-order valence-corrected chi connectivity index (χ1v) is 14.7. The van der Waals surface area contributed by atoms with Crippen LogP contribution in [-0.2, 0) is 7.05 Å². The van der Waals surface area contributed by atoms with Gasteiger partial charge in [0, 0.05) is 22.9 Å². The number of nitrogens with zero attached hydrogens (tertiary/aromatic N) is 2. The van der Waals surface area contributed by atoms with E-state index < -0.39 is 8.07 Å². The smallest absolute Gasteiger partial charge is 0.216 e. The molecule has 0 spiro atoms. The van der Waals surface area contributed by atoms with Gasteiger partial charge < -0.3 is 4.42 Å². The van der Waals surface area contributed by atoms with Crippen molar-refractivity contribution >= 4 is 35.2 Å².